The highest BCUT2D eigenvalue weighted by Gasteiger charge is 2.46. The molecule has 2 heterocycles. The van der Waals surface area contributed by atoms with Gasteiger partial charge in [-0.25, -0.2) is 0 Å². The molecule has 4 rings (SSSR count). The summed E-state index contributed by atoms with van der Waals surface area (Å²) in [7, 11) is 1.75. The molecule has 1 aliphatic carbocycles. The molecule has 2 aliphatic heterocycles. The first kappa shape index (κ1) is 21.4. The van der Waals surface area contributed by atoms with Crippen LogP contribution in [0.2, 0.25) is 5.02 Å². The second-order valence-electron chi connectivity index (χ2n) is 8.97. The van der Waals surface area contributed by atoms with Crippen LogP contribution in [-0.4, -0.2) is 62.4 Å². The second kappa shape index (κ2) is 8.74. The molecule has 30 heavy (non-hydrogen) atoms. The van der Waals surface area contributed by atoms with E-state index in [0.717, 1.165) is 50.9 Å². The molecule has 0 spiro atoms. The van der Waals surface area contributed by atoms with Gasteiger partial charge < -0.3 is 19.3 Å². The lowest BCUT2D eigenvalue weighted by Crippen LogP contribution is -2.60. The number of hydrogen-bond donors (Lipinski definition) is 0. The van der Waals surface area contributed by atoms with Crippen LogP contribution in [0.5, 0.6) is 0 Å². The van der Waals surface area contributed by atoms with Crippen LogP contribution in [0.25, 0.3) is 0 Å². The van der Waals surface area contributed by atoms with Crippen molar-refractivity contribution in [1.82, 2.24) is 4.90 Å². The third-order valence-electron chi connectivity index (χ3n) is 7.17. The maximum Gasteiger partial charge on any atom is 0.229 e. The lowest BCUT2D eigenvalue weighted by Gasteiger charge is -2.49. The fourth-order valence-electron chi connectivity index (χ4n) is 5.21. The van der Waals surface area contributed by atoms with Gasteiger partial charge in [0.1, 0.15) is 6.07 Å². The third-order valence-corrected chi connectivity index (χ3v) is 7.40. The van der Waals surface area contributed by atoms with Crippen LogP contribution in [0, 0.1) is 16.7 Å². The predicted molar refractivity (Wildman–Crippen MR) is 116 cm³/mol. The van der Waals surface area contributed by atoms with Gasteiger partial charge in [-0.2, -0.15) is 5.26 Å². The highest BCUT2D eigenvalue weighted by Crippen LogP contribution is 2.39. The molecule has 3 fully saturated rings. The number of morpholine rings is 1. The van der Waals surface area contributed by atoms with Crippen molar-refractivity contribution < 1.29 is 14.3 Å². The van der Waals surface area contributed by atoms with Crippen LogP contribution < -0.4 is 4.90 Å². The van der Waals surface area contributed by atoms with E-state index in [2.05, 4.69) is 22.8 Å². The highest BCUT2D eigenvalue weighted by molar-refractivity contribution is 6.30. The summed E-state index contributed by atoms with van der Waals surface area (Å²) >= 11 is 6.05. The van der Waals surface area contributed by atoms with E-state index in [0.29, 0.717) is 23.7 Å². The predicted octanol–water partition coefficient (Wildman–Crippen LogP) is 3.61. The van der Waals surface area contributed by atoms with Gasteiger partial charge in [0.25, 0.3) is 0 Å². The summed E-state index contributed by atoms with van der Waals surface area (Å²) in [6, 6.07) is 7.79. The number of anilines is 1. The minimum absolute atomic E-state index is 0.112. The summed E-state index contributed by atoms with van der Waals surface area (Å²) < 4.78 is 11.6. The maximum atomic E-state index is 13.7. The maximum absolute atomic E-state index is 13.7. The molecule has 3 unspecified atom stereocenters. The van der Waals surface area contributed by atoms with Crippen LogP contribution in [0.3, 0.4) is 0 Å². The second-order valence-corrected chi connectivity index (χ2v) is 9.40. The zero-order valence-electron chi connectivity index (χ0n) is 17.8. The zero-order chi connectivity index (χ0) is 21.3. The average molecular weight is 432 g/mol. The fraction of sp³-hybridized carbons (Fsp3) is 0.652. The minimum Gasteiger partial charge on any atom is -0.381 e. The average Bonchev–Trinajstić information content (AvgIpc) is 2.78. The van der Waals surface area contributed by atoms with Crippen molar-refractivity contribution in [2.24, 2.45) is 5.41 Å². The topological polar surface area (TPSA) is 65.8 Å². The van der Waals surface area contributed by atoms with Crippen molar-refractivity contribution in [1.29, 1.82) is 5.26 Å². The SMILES string of the molecule is COC1CCC2OCCN(C(=O)C3(C)CCN(c4ccc(Cl)cc4C#N)CC3)C2C1. The van der Waals surface area contributed by atoms with Crippen molar-refractivity contribution in [3.05, 3.63) is 28.8 Å². The molecular formula is C23H30ClN3O3. The normalized spacial score (nSPS) is 28.5. The summed E-state index contributed by atoms with van der Waals surface area (Å²) in [5, 5.41) is 10.0. The highest BCUT2D eigenvalue weighted by atomic mass is 35.5. The number of ether oxygens (including phenoxy) is 2. The molecule has 1 aromatic rings. The van der Waals surface area contributed by atoms with Gasteiger partial charge in [0.2, 0.25) is 5.91 Å². The molecule has 1 aromatic carbocycles. The van der Waals surface area contributed by atoms with Crippen molar-refractivity contribution in [2.45, 2.75) is 57.3 Å². The number of piperidine rings is 1. The van der Waals surface area contributed by atoms with Crippen LogP contribution in [-0.2, 0) is 14.3 Å². The number of carbonyl (C=O) groups excluding carboxylic acids is 1. The molecule has 162 valence electrons. The number of rotatable bonds is 3. The van der Waals surface area contributed by atoms with Crippen LogP contribution >= 0.6 is 11.6 Å². The molecule has 0 N–H and O–H groups in total. The van der Waals surface area contributed by atoms with Crippen molar-refractivity contribution in [3.8, 4) is 6.07 Å². The largest absolute Gasteiger partial charge is 0.381 e. The first-order valence-electron chi connectivity index (χ1n) is 10.9. The van der Waals surface area contributed by atoms with Gasteiger partial charge in [-0.05, 0) is 50.3 Å². The first-order chi connectivity index (χ1) is 14.4. The Labute approximate surface area is 183 Å². The van der Waals surface area contributed by atoms with Crippen LogP contribution in [0.4, 0.5) is 5.69 Å². The molecule has 0 bridgehead atoms. The molecule has 1 amide bonds. The molecule has 6 nitrogen and oxygen atoms in total. The number of halogens is 1. The van der Waals surface area contributed by atoms with E-state index < -0.39 is 5.41 Å². The fourth-order valence-corrected chi connectivity index (χ4v) is 5.39. The van der Waals surface area contributed by atoms with Crippen molar-refractivity contribution in [2.75, 3.05) is 38.3 Å². The lowest BCUT2D eigenvalue weighted by atomic mass is 9.77. The summed E-state index contributed by atoms with van der Waals surface area (Å²) in [6.45, 7) is 4.87. The molecule has 1 saturated carbocycles. The van der Waals surface area contributed by atoms with Gasteiger partial charge in [-0.3, -0.25) is 4.79 Å². The number of benzene rings is 1. The van der Waals surface area contributed by atoms with Crippen molar-refractivity contribution in [3.63, 3.8) is 0 Å². The standard InChI is InChI=1S/C23H30ClN3O3/c1-23(7-9-26(10-8-23)19-5-3-17(24)13-16(19)15-25)22(28)27-11-12-30-21-6-4-18(29-2)14-20(21)27/h3,5,13,18,20-21H,4,6-12,14H2,1-2H3. The molecule has 3 atom stereocenters. The number of nitriles is 1. The van der Waals surface area contributed by atoms with Gasteiger partial charge in [0.15, 0.2) is 0 Å². The van der Waals surface area contributed by atoms with Gasteiger partial charge in [-0.15, -0.1) is 0 Å². The molecular weight excluding hydrogens is 402 g/mol. The number of carbonyl (C=O) groups is 1. The Morgan fingerprint density at radius 3 is 2.77 bits per heavy atom. The quantitative estimate of drug-likeness (QED) is 0.731. The number of hydrogen-bond acceptors (Lipinski definition) is 5. The Morgan fingerprint density at radius 1 is 1.30 bits per heavy atom. The molecule has 0 aromatic heterocycles. The molecule has 3 aliphatic rings. The zero-order valence-corrected chi connectivity index (χ0v) is 18.5. The van der Waals surface area contributed by atoms with Gasteiger partial charge >= 0.3 is 0 Å². The Kier molecular flexibility index (Phi) is 6.24. The van der Waals surface area contributed by atoms with E-state index in [-0.39, 0.29) is 24.2 Å². The van der Waals surface area contributed by atoms with E-state index in [1.165, 1.54) is 0 Å². The molecule has 0 radical (unpaired) electrons. The summed E-state index contributed by atoms with van der Waals surface area (Å²) in [4.78, 5) is 18.0. The number of amides is 1. The Bertz CT molecular complexity index is 831. The summed E-state index contributed by atoms with van der Waals surface area (Å²) in [6.07, 6.45) is 4.66. The number of methoxy groups -OCH3 is 1. The van der Waals surface area contributed by atoms with Crippen LogP contribution in [0.1, 0.15) is 44.6 Å². The summed E-state index contributed by atoms with van der Waals surface area (Å²) in [5.41, 5.74) is 1.09. The smallest absolute Gasteiger partial charge is 0.229 e. The van der Waals surface area contributed by atoms with Crippen molar-refractivity contribution >= 4 is 23.2 Å². The van der Waals surface area contributed by atoms with E-state index in [9.17, 15) is 10.1 Å². The Balaban J connectivity index is 1.46. The minimum atomic E-state index is -0.391. The molecule has 7 heteroatoms. The Hall–Kier alpha value is -1.81. The van der Waals surface area contributed by atoms with E-state index >= 15 is 0 Å². The monoisotopic (exact) mass is 431 g/mol. The van der Waals surface area contributed by atoms with E-state index in [4.69, 9.17) is 21.1 Å². The lowest BCUT2D eigenvalue weighted by molar-refractivity contribution is -0.165. The van der Waals surface area contributed by atoms with Gasteiger partial charge in [-0.1, -0.05) is 18.5 Å². The van der Waals surface area contributed by atoms with Crippen LogP contribution in [0.15, 0.2) is 18.2 Å². The third kappa shape index (κ3) is 4.03. The first-order valence-corrected chi connectivity index (χ1v) is 11.2. The molecule has 2 saturated heterocycles. The summed E-state index contributed by atoms with van der Waals surface area (Å²) in [5.74, 6) is 0.244. The van der Waals surface area contributed by atoms with E-state index in [1.807, 2.05) is 12.1 Å². The Morgan fingerprint density at radius 2 is 2.07 bits per heavy atom. The van der Waals surface area contributed by atoms with Gasteiger partial charge in [0.05, 0.1) is 36.1 Å². The van der Waals surface area contributed by atoms with Gasteiger partial charge in [0, 0.05) is 37.2 Å². The number of fused-ring (bicyclic) bond motifs is 1. The number of nitrogens with zero attached hydrogens (tertiary/aromatic N) is 3. The van der Waals surface area contributed by atoms with E-state index in [1.54, 1.807) is 13.2 Å².